The molecule has 0 amide bonds. The summed E-state index contributed by atoms with van der Waals surface area (Å²) in [5.41, 5.74) is 3.70. The fourth-order valence-corrected chi connectivity index (χ4v) is 3.06. The summed E-state index contributed by atoms with van der Waals surface area (Å²) >= 11 is 12.3. The van der Waals surface area contributed by atoms with E-state index in [2.05, 4.69) is 5.32 Å². The predicted octanol–water partition coefficient (Wildman–Crippen LogP) is 6.40. The van der Waals surface area contributed by atoms with Crippen molar-refractivity contribution in [2.75, 3.05) is 5.32 Å². The Hall–Kier alpha value is -2.76. The molecular formula is C21H18Cl2N2O3. The van der Waals surface area contributed by atoms with Gasteiger partial charge in [-0.15, -0.1) is 0 Å². The third-order valence-electron chi connectivity index (χ3n) is 4.30. The summed E-state index contributed by atoms with van der Waals surface area (Å²) in [6.45, 7) is 2.76. The van der Waals surface area contributed by atoms with Crippen molar-refractivity contribution in [1.29, 1.82) is 0 Å². The van der Waals surface area contributed by atoms with E-state index in [4.69, 9.17) is 27.9 Å². The highest BCUT2D eigenvalue weighted by atomic mass is 35.5. The lowest BCUT2D eigenvalue weighted by molar-refractivity contribution is -0.384. The van der Waals surface area contributed by atoms with Crippen LogP contribution < -0.4 is 10.1 Å². The summed E-state index contributed by atoms with van der Waals surface area (Å²) in [5.74, 6) is 0.690. The Morgan fingerprint density at radius 3 is 2.54 bits per heavy atom. The standard InChI is InChI=1S/C21H18Cl2N2O3/c1-14-19(23)3-2-4-20(14)24-12-16-11-17(22)7-10-21(16)28-13-15-5-8-18(9-6-15)25(26)27/h2-11,24H,12-13H2,1H3. The molecule has 0 bridgehead atoms. The van der Waals surface area contributed by atoms with Crippen LogP contribution in [0, 0.1) is 17.0 Å². The van der Waals surface area contributed by atoms with Gasteiger partial charge >= 0.3 is 0 Å². The largest absolute Gasteiger partial charge is 0.489 e. The van der Waals surface area contributed by atoms with Crippen molar-refractivity contribution in [2.24, 2.45) is 0 Å². The molecule has 7 heteroatoms. The van der Waals surface area contributed by atoms with Gasteiger partial charge in [-0.1, -0.05) is 29.3 Å². The molecule has 0 aromatic heterocycles. The number of nitrogens with zero attached hydrogens (tertiary/aromatic N) is 1. The van der Waals surface area contributed by atoms with E-state index in [1.807, 2.05) is 37.3 Å². The second-order valence-electron chi connectivity index (χ2n) is 6.23. The lowest BCUT2D eigenvalue weighted by Gasteiger charge is -2.15. The number of nitro benzene ring substituents is 1. The van der Waals surface area contributed by atoms with E-state index in [0.29, 0.717) is 28.9 Å². The number of anilines is 1. The summed E-state index contributed by atoms with van der Waals surface area (Å²) in [6.07, 6.45) is 0. The number of nitrogens with one attached hydrogen (secondary N) is 1. The van der Waals surface area contributed by atoms with Crippen LogP contribution in [0.1, 0.15) is 16.7 Å². The molecule has 0 atom stereocenters. The van der Waals surface area contributed by atoms with Gasteiger partial charge in [-0.2, -0.15) is 0 Å². The molecule has 3 aromatic carbocycles. The van der Waals surface area contributed by atoms with Gasteiger partial charge in [0.15, 0.2) is 0 Å². The Balaban J connectivity index is 1.71. The molecule has 28 heavy (non-hydrogen) atoms. The van der Waals surface area contributed by atoms with Gasteiger partial charge in [0, 0.05) is 40.0 Å². The maximum absolute atomic E-state index is 10.7. The molecule has 0 radical (unpaired) electrons. The molecule has 0 aliphatic carbocycles. The van der Waals surface area contributed by atoms with Crippen molar-refractivity contribution < 1.29 is 9.66 Å². The zero-order valence-corrected chi connectivity index (χ0v) is 16.6. The van der Waals surface area contributed by atoms with Crippen LogP contribution >= 0.6 is 23.2 Å². The topological polar surface area (TPSA) is 64.4 Å². The van der Waals surface area contributed by atoms with E-state index >= 15 is 0 Å². The van der Waals surface area contributed by atoms with Gasteiger partial charge in [0.2, 0.25) is 0 Å². The number of ether oxygens (including phenoxy) is 1. The van der Waals surface area contributed by atoms with Crippen LogP contribution in [0.15, 0.2) is 60.7 Å². The Morgan fingerprint density at radius 2 is 1.82 bits per heavy atom. The number of halogens is 2. The molecule has 0 saturated heterocycles. The van der Waals surface area contributed by atoms with Crippen LogP contribution in [-0.4, -0.2) is 4.92 Å². The van der Waals surface area contributed by atoms with E-state index in [-0.39, 0.29) is 5.69 Å². The maximum atomic E-state index is 10.7. The monoisotopic (exact) mass is 416 g/mol. The molecule has 144 valence electrons. The molecule has 0 fully saturated rings. The van der Waals surface area contributed by atoms with Crippen molar-refractivity contribution in [3.8, 4) is 5.75 Å². The van der Waals surface area contributed by atoms with Gasteiger partial charge in [0.25, 0.3) is 5.69 Å². The first kappa shape index (κ1) is 20.0. The van der Waals surface area contributed by atoms with Crippen molar-refractivity contribution in [3.05, 3.63) is 97.5 Å². The average Bonchev–Trinajstić information content (AvgIpc) is 2.68. The third kappa shape index (κ3) is 4.94. The smallest absolute Gasteiger partial charge is 0.269 e. The van der Waals surface area contributed by atoms with Gasteiger partial charge in [-0.05, 0) is 60.5 Å². The number of non-ortho nitro benzene ring substituents is 1. The van der Waals surface area contributed by atoms with E-state index in [0.717, 1.165) is 22.4 Å². The van der Waals surface area contributed by atoms with Crippen LogP contribution in [-0.2, 0) is 13.2 Å². The van der Waals surface area contributed by atoms with Crippen molar-refractivity contribution in [1.82, 2.24) is 0 Å². The van der Waals surface area contributed by atoms with Crippen LogP contribution in [0.25, 0.3) is 0 Å². The molecule has 1 N–H and O–H groups in total. The van der Waals surface area contributed by atoms with Gasteiger partial charge in [-0.25, -0.2) is 0 Å². The minimum Gasteiger partial charge on any atom is -0.489 e. The van der Waals surface area contributed by atoms with E-state index in [1.54, 1.807) is 18.2 Å². The third-order valence-corrected chi connectivity index (χ3v) is 4.95. The van der Waals surface area contributed by atoms with Crippen LogP contribution in [0.2, 0.25) is 10.0 Å². The Kier molecular flexibility index (Phi) is 6.39. The zero-order chi connectivity index (χ0) is 20.1. The van der Waals surface area contributed by atoms with E-state index < -0.39 is 4.92 Å². The fourth-order valence-electron chi connectivity index (χ4n) is 2.69. The van der Waals surface area contributed by atoms with Crippen LogP contribution in [0.5, 0.6) is 5.75 Å². The second kappa shape index (κ2) is 8.95. The molecule has 0 aliphatic rings. The molecule has 0 saturated carbocycles. The predicted molar refractivity (Wildman–Crippen MR) is 112 cm³/mol. The molecule has 5 nitrogen and oxygen atoms in total. The van der Waals surface area contributed by atoms with E-state index in [1.165, 1.54) is 12.1 Å². The summed E-state index contributed by atoms with van der Waals surface area (Å²) in [6, 6.07) is 17.4. The molecule has 0 heterocycles. The minimum atomic E-state index is -0.425. The number of nitro groups is 1. The Labute approximate surface area is 173 Å². The summed E-state index contributed by atoms with van der Waals surface area (Å²) in [7, 11) is 0. The normalized spacial score (nSPS) is 10.5. The highest BCUT2D eigenvalue weighted by Crippen LogP contribution is 2.27. The first-order valence-corrected chi connectivity index (χ1v) is 9.33. The van der Waals surface area contributed by atoms with Crippen LogP contribution in [0.4, 0.5) is 11.4 Å². The van der Waals surface area contributed by atoms with Gasteiger partial charge < -0.3 is 10.1 Å². The lowest BCUT2D eigenvalue weighted by atomic mass is 10.1. The van der Waals surface area contributed by atoms with Gasteiger partial charge in [-0.3, -0.25) is 10.1 Å². The Bertz CT molecular complexity index is 991. The summed E-state index contributed by atoms with van der Waals surface area (Å²) in [4.78, 5) is 10.3. The lowest BCUT2D eigenvalue weighted by Crippen LogP contribution is -2.05. The Morgan fingerprint density at radius 1 is 1.07 bits per heavy atom. The molecule has 0 aliphatic heterocycles. The van der Waals surface area contributed by atoms with Gasteiger partial charge in [0.1, 0.15) is 12.4 Å². The number of benzene rings is 3. The quantitative estimate of drug-likeness (QED) is 0.357. The summed E-state index contributed by atoms with van der Waals surface area (Å²) < 4.78 is 5.93. The molecule has 0 unspecified atom stereocenters. The highest BCUT2D eigenvalue weighted by molar-refractivity contribution is 6.31. The molecule has 3 rings (SSSR count). The molecule has 0 spiro atoms. The first-order chi connectivity index (χ1) is 13.4. The highest BCUT2D eigenvalue weighted by Gasteiger charge is 2.09. The van der Waals surface area contributed by atoms with Gasteiger partial charge in [0.05, 0.1) is 4.92 Å². The first-order valence-electron chi connectivity index (χ1n) is 8.57. The van der Waals surface area contributed by atoms with Crippen molar-refractivity contribution >= 4 is 34.6 Å². The summed E-state index contributed by atoms with van der Waals surface area (Å²) in [5, 5.41) is 15.4. The molecule has 3 aromatic rings. The number of hydrogen-bond donors (Lipinski definition) is 1. The van der Waals surface area contributed by atoms with Crippen molar-refractivity contribution in [2.45, 2.75) is 20.1 Å². The van der Waals surface area contributed by atoms with E-state index in [9.17, 15) is 10.1 Å². The fraction of sp³-hybridized carbons (Fsp3) is 0.143. The molecular weight excluding hydrogens is 399 g/mol. The number of hydrogen-bond acceptors (Lipinski definition) is 4. The van der Waals surface area contributed by atoms with Crippen LogP contribution in [0.3, 0.4) is 0 Å². The maximum Gasteiger partial charge on any atom is 0.269 e. The zero-order valence-electron chi connectivity index (χ0n) is 15.1. The average molecular weight is 417 g/mol. The SMILES string of the molecule is Cc1c(Cl)cccc1NCc1cc(Cl)ccc1OCc1ccc([N+](=O)[O-])cc1. The second-order valence-corrected chi connectivity index (χ2v) is 7.07. The number of rotatable bonds is 7. The minimum absolute atomic E-state index is 0.0528. The van der Waals surface area contributed by atoms with Crippen molar-refractivity contribution in [3.63, 3.8) is 0 Å².